The van der Waals surface area contributed by atoms with Crippen LogP contribution in [0.3, 0.4) is 0 Å². The molecule has 2 atom stereocenters. The van der Waals surface area contributed by atoms with Crippen LogP contribution in [0, 0.1) is 5.92 Å². The first kappa shape index (κ1) is 22.7. The molecule has 4 aromatic rings. The maximum Gasteiger partial charge on any atom is 0.179 e. The second-order valence-corrected chi connectivity index (χ2v) is 9.06. The molecule has 5 rings (SSSR count). The van der Waals surface area contributed by atoms with E-state index in [0.29, 0.717) is 34.8 Å². The van der Waals surface area contributed by atoms with Crippen molar-refractivity contribution in [1.82, 2.24) is 30.7 Å². The predicted octanol–water partition coefficient (Wildman–Crippen LogP) is 4.32. The average Bonchev–Trinajstić information content (AvgIpc) is 3.60. The van der Waals surface area contributed by atoms with Gasteiger partial charge in [0, 0.05) is 24.2 Å². The molecule has 0 spiro atoms. The van der Waals surface area contributed by atoms with Crippen LogP contribution in [0.4, 0.5) is 0 Å². The van der Waals surface area contributed by atoms with Crippen LogP contribution in [0.1, 0.15) is 47.8 Å². The Morgan fingerprint density at radius 3 is 2.56 bits per heavy atom. The van der Waals surface area contributed by atoms with Crippen LogP contribution in [0.5, 0.6) is 0 Å². The van der Waals surface area contributed by atoms with Crippen molar-refractivity contribution in [3.8, 4) is 5.69 Å². The SMILES string of the molecule is CCC(NC(c1cc(COC)on1)c1nnnn1-c1ccc(Cl)cc1)C1Cc2ccccc2C1. The minimum atomic E-state index is -0.367. The number of methoxy groups -OCH3 is 1. The molecule has 2 aromatic carbocycles. The van der Waals surface area contributed by atoms with Crippen molar-refractivity contribution in [2.45, 2.75) is 44.9 Å². The van der Waals surface area contributed by atoms with Crippen molar-refractivity contribution in [1.29, 1.82) is 0 Å². The van der Waals surface area contributed by atoms with Crippen LogP contribution in [0.25, 0.3) is 5.69 Å². The standard InChI is InChI=1S/C25H27ClN6O2/c1-3-22(18-12-16-6-4-5-7-17(16)13-18)27-24(23-14-21(15-33-2)34-29-23)25-28-30-31-32(25)20-10-8-19(26)9-11-20/h4-11,14,18,22,24,27H,3,12-13,15H2,1-2H3. The Kier molecular flexibility index (Phi) is 6.71. The third-order valence-corrected chi connectivity index (χ3v) is 6.71. The highest BCUT2D eigenvalue weighted by atomic mass is 35.5. The van der Waals surface area contributed by atoms with Gasteiger partial charge in [0.25, 0.3) is 0 Å². The zero-order valence-electron chi connectivity index (χ0n) is 19.2. The minimum absolute atomic E-state index is 0.232. The molecule has 9 heteroatoms. The summed E-state index contributed by atoms with van der Waals surface area (Å²) >= 11 is 6.09. The lowest BCUT2D eigenvalue weighted by Gasteiger charge is -2.27. The van der Waals surface area contributed by atoms with E-state index in [1.807, 2.05) is 30.3 Å². The summed E-state index contributed by atoms with van der Waals surface area (Å²) in [5, 5.41) is 21.5. The summed E-state index contributed by atoms with van der Waals surface area (Å²) < 4.78 is 12.5. The summed E-state index contributed by atoms with van der Waals surface area (Å²) in [4.78, 5) is 0. The number of ether oxygens (including phenoxy) is 1. The molecule has 1 aliphatic carbocycles. The topological polar surface area (TPSA) is 90.9 Å². The molecule has 0 amide bonds. The van der Waals surface area contributed by atoms with Gasteiger partial charge in [-0.05, 0) is 71.0 Å². The highest BCUT2D eigenvalue weighted by Crippen LogP contribution is 2.32. The van der Waals surface area contributed by atoms with Gasteiger partial charge >= 0.3 is 0 Å². The second-order valence-electron chi connectivity index (χ2n) is 8.63. The Balaban J connectivity index is 1.48. The number of benzene rings is 2. The fourth-order valence-electron chi connectivity index (χ4n) is 4.79. The van der Waals surface area contributed by atoms with Crippen molar-refractivity contribution < 1.29 is 9.26 Å². The molecular formula is C25H27ClN6O2. The third kappa shape index (κ3) is 4.61. The monoisotopic (exact) mass is 478 g/mol. The lowest BCUT2D eigenvalue weighted by atomic mass is 9.93. The first-order valence-corrected chi connectivity index (χ1v) is 11.9. The van der Waals surface area contributed by atoms with Gasteiger partial charge in [0.2, 0.25) is 0 Å². The zero-order valence-corrected chi connectivity index (χ0v) is 19.9. The number of fused-ring (bicyclic) bond motifs is 1. The van der Waals surface area contributed by atoms with Crippen molar-refractivity contribution in [3.05, 3.63) is 88.0 Å². The molecule has 0 radical (unpaired) electrons. The van der Waals surface area contributed by atoms with E-state index in [2.05, 4.69) is 57.2 Å². The maximum atomic E-state index is 6.09. The number of tetrazole rings is 1. The van der Waals surface area contributed by atoms with E-state index >= 15 is 0 Å². The molecular weight excluding hydrogens is 452 g/mol. The third-order valence-electron chi connectivity index (χ3n) is 6.45. The lowest BCUT2D eigenvalue weighted by molar-refractivity contribution is 0.155. The number of nitrogens with one attached hydrogen (secondary N) is 1. The fraction of sp³-hybridized carbons (Fsp3) is 0.360. The van der Waals surface area contributed by atoms with Gasteiger partial charge in [0.1, 0.15) is 18.3 Å². The summed E-state index contributed by atoms with van der Waals surface area (Å²) in [6, 6.07) is 17.9. The average molecular weight is 479 g/mol. The van der Waals surface area contributed by atoms with Crippen molar-refractivity contribution in [2.75, 3.05) is 7.11 Å². The van der Waals surface area contributed by atoms with Crippen LogP contribution in [0.2, 0.25) is 5.02 Å². The molecule has 176 valence electrons. The van der Waals surface area contributed by atoms with E-state index in [-0.39, 0.29) is 12.1 Å². The van der Waals surface area contributed by atoms with Crippen molar-refractivity contribution >= 4 is 11.6 Å². The Morgan fingerprint density at radius 1 is 1.15 bits per heavy atom. The summed E-state index contributed by atoms with van der Waals surface area (Å²) in [5.74, 6) is 1.75. The van der Waals surface area contributed by atoms with Crippen LogP contribution in [-0.4, -0.2) is 38.5 Å². The number of aromatic nitrogens is 5. The Labute approximate surface area is 203 Å². The van der Waals surface area contributed by atoms with Crippen LogP contribution in [-0.2, 0) is 24.2 Å². The van der Waals surface area contributed by atoms with Crippen LogP contribution >= 0.6 is 11.6 Å². The highest BCUT2D eigenvalue weighted by Gasteiger charge is 2.33. The quantitative estimate of drug-likeness (QED) is 0.383. The van der Waals surface area contributed by atoms with Crippen molar-refractivity contribution in [3.63, 3.8) is 0 Å². The lowest BCUT2D eigenvalue weighted by Crippen LogP contribution is -2.40. The summed E-state index contributed by atoms with van der Waals surface area (Å²) in [6.07, 6.45) is 3.05. The molecule has 0 saturated carbocycles. The summed E-state index contributed by atoms with van der Waals surface area (Å²) in [6.45, 7) is 2.55. The van der Waals surface area contributed by atoms with Gasteiger partial charge in [-0.1, -0.05) is 47.9 Å². The largest absolute Gasteiger partial charge is 0.377 e. The molecule has 0 bridgehead atoms. The van der Waals surface area contributed by atoms with Gasteiger partial charge in [0.15, 0.2) is 11.6 Å². The van der Waals surface area contributed by atoms with E-state index in [0.717, 1.165) is 24.9 Å². The van der Waals surface area contributed by atoms with Gasteiger partial charge in [-0.2, -0.15) is 4.68 Å². The van der Waals surface area contributed by atoms with Gasteiger partial charge in [-0.3, -0.25) is 5.32 Å². The normalized spacial score (nSPS) is 15.4. The van der Waals surface area contributed by atoms with Gasteiger partial charge < -0.3 is 9.26 Å². The number of halogens is 1. The molecule has 0 aliphatic heterocycles. The number of hydrogen-bond donors (Lipinski definition) is 1. The Morgan fingerprint density at radius 2 is 1.88 bits per heavy atom. The zero-order chi connectivity index (χ0) is 23.5. The molecule has 1 aliphatic rings. The molecule has 0 fully saturated rings. The second kappa shape index (κ2) is 10.0. The molecule has 8 nitrogen and oxygen atoms in total. The first-order chi connectivity index (χ1) is 16.7. The van der Waals surface area contributed by atoms with E-state index in [1.54, 1.807) is 11.8 Å². The van der Waals surface area contributed by atoms with Gasteiger partial charge in [0.05, 0.1) is 5.69 Å². The predicted molar refractivity (Wildman–Crippen MR) is 128 cm³/mol. The number of rotatable bonds is 9. The molecule has 34 heavy (non-hydrogen) atoms. The van der Waals surface area contributed by atoms with Gasteiger partial charge in [-0.15, -0.1) is 5.10 Å². The smallest absolute Gasteiger partial charge is 0.179 e. The van der Waals surface area contributed by atoms with E-state index in [1.165, 1.54) is 11.1 Å². The van der Waals surface area contributed by atoms with E-state index in [4.69, 9.17) is 20.9 Å². The van der Waals surface area contributed by atoms with Gasteiger partial charge in [-0.25, -0.2) is 0 Å². The molecule has 2 heterocycles. The number of nitrogens with zero attached hydrogens (tertiary/aromatic N) is 5. The van der Waals surface area contributed by atoms with Crippen molar-refractivity contribution in [2.24, 2.45) is 5.92 Å². The van der Waals surface area contributed by atoms with E-state index in [9.17, 15) is 0 Å². The summed E-state index contributed by atoms with van der Waals surface area (Å²) in [7, 11) is 1.63. The Hall–Kier alpha value is -3.07. The minimum Gasteiger partial charge on any atom is -0.377 e. The van der Waals surface area contributed by atoms with Crippen LogP contribution < -0.4 is 5.32 Å². The summed E-state index contributed by atoms with van der Waals surface area (Å²) in [5.41, 5.74) is 4.39. The number of hydrogen-bond acceptors (Lipinski definition) is 7. The van der Waals surface area contributed by atoms with E-state index < -0.39 is 0 Å². The first-order valence-electron chi connectivity index (χ1n) is 11.5. The fourth-order valence-corrected chi connectivity index (χ4v) is 4.91. The molecule has 2 aromatic heterocycles. The molecule has 1 N–H and O–H groups in total. The van der Waals surface area contributed by atoms with Crippen LogP contribution in [0.15, 0.2) is 59.1 Å². The highest BCUT2D eigenvalue weighted by molar-refractivity contribution is 6.30. The molecule has 0 saturated heterocycles. The molecule has 2 unspecified atom stereocenters. The maximum absolute atomic E-state index is 6.09. The Bertz CT molecular complexity index is 1210.